The van der Waals surface area contributed by atoms with Gasteiger partial charge in [-0.15, -0.1) is 6.58 Å². The van der Waals surface area contributed by atoms with Gasteiger partial charge in [-0.2, -0.15) is 0 Å². The molecule has 0 amide bonds. The Kier molecular flexibility index (Phi) is 4.80. The average molecular weight is 322 g/mol. The Morgan fingerprint density at radius 1 is 0.958 bits per heavy atom. The number of hydrogen-bond donors (Lipinski definition) is 0. The lowest BCUT2D eigenvalue weighted by Gasteiger charge is -2.33. The lowest BCUT2D eigenvalue weighted by atomic mass is 9.69. The number of allylic oxidation sites excluding steroid dienone is 5. The van der Waals surface area contributed by atoms with Gasteiger partial charge < -0.3 is 0 Å². The second-order valence-electron chi connectivity index (χ2n) is 7.98. The lowest BCUT2D eigenvalue weighted by Crippen LogP contribution is -2.29. The van der Waals surface area contributed by atoms with Gasteiger partial charge in [-0.3, -0.25) is 9.59 Å². The molecule has 0 N–H and O–H groups in total. The summed E-state index contributed by atoms with van der Waals surface area (Å²) in [7, 11) is 0. The molecule has 0 fully saturated rings. The Labute approximate surface area is 145 Å². The quantitative estimate of drug-likeness (QED) is 0.558. The molecule has 0 radical (unpaired) electrons. The van der Waals surface area contributed by atoms with Crippen molar-refractivity contribution >= 4 is 12.1 Å². The van der Waals surface area contributed by atoms with Gasteiger partial charge in [-0.05, 0) is 11.0 Å². The highest BCUT2D eigenvalue weighted by Crippen LogP contribution is 2.42. The number of hydrogen-bond acceptors (Lipinski definition) is 2. The molecule has 0 aliphatic heterocycles. The van der Waals surface area contributed by atoms with Gasteiger partial charge in [0, 0.05) is 28.0 Å². The van der Waals surface area contributed by atoms with E-state index in [4.69, 9.17) is 0 Å². The third-order valence-corrected chi connectivity index (χ3v) is 4.65. The molecule has 1 aromatic carbocycles. The van der Waals surface area contributed by atoms with E-state index >= 15 is 0 Å². The maximum atomic E-state index is 13.0. The number of carbonyl (C=O) groups excluding carboxylic acids is 2. The minimum atomic E-state index is -0.386. The topological polar surface area (TPSA) is 34.1 Å². The van der Waals surface area contributed by atoms with E-state index < -0.39 is 0 Å². The van der Waals surface area contributed by atoms with Crippen molar-refractivity contribution in [2.75, 3.05) is 0 Å². The highest BCUT2D eigenvalue weighted by molar-refractivity contribution is 6.11. The van der Waals surface area contributed by atoms with Gasteiger partial charge in [-0.25, -0.2) is 0 Å². The van der Waals surface area contributed by atoms with Gasteiger partial charge in [-0.1, -0.05) is 77.1 Å². The largest absolute Gasteiger partial charge is 0.298 e. The fourth-order valence-electron chi connectivity index (χ4n) is 2.90. The van der Waals surface area contributed by atoms with Crippen molar-refractivity contribution in [2.24, 2.45) is 10.8 Å². The Bertz CT molecular complexity index is 722. The van der Waals surface area contributed by atoms with E-state index in [1.54, 1.807) is 0 Å². The zero-order chi connectivity index (χ0) is 18.1. The summed E-state index contributed by atoms with van der Waals surface area (Å²) in [6, 6.07) is 7.54. The van der Waals surface area contributed by atoms with E-state index in [-0.39, 0.29) is 22.5 Å². The number of rotatable bonds is 4. The van der Waals surface area contributed by atoms with Crippen LogP contribution >= 0.6 is 0 Å². The number of aldehydes is 1. The molecular formula is C22H26O2. The van der Waals surface area contributed by atoms with Crippen LogP contribution in [0.15, 0.2) is 60.2 Å². The zero-order valence-corrected chi connectivity index (χ0v) is 15.2. The standard InChI is InChI=1S/C22H26O2/c1-7-22(5,6)19-13-17(12-18(20(19)24)21(2,3)4)16-10-8-15(14-23)9-11-16/h7-14,17H,1H2,2-6H3. The summed E-state index contributed by atoms with van der Waals surface area (Å²) < 4.78 is 0. The van der Waals surface area contributed by atoms with Gasteiger partial charge in [0.05, 0.1) is 0 Å². The van der Waals surface area contributed by atoms with Crippen LogP contribution in [0.3, 0.4) is 0 Å². The zero-order valence-electron chi connectivity index (χ0n) is 15.2. The Morgan fingerprint density at radius 3 is 1.96 bits per heavy atom. The van der Waals surface area contributed by atoms with Gasteiger partial charge in [0.2, 0.25) is 0 Å². The molecule has 0 spiro atoms. The molecular weight excluding hydrogens is 296 g/mol. The summed E-state index contributed by atoms with van der Waals surface area (Å²) in [5.74, 6) is 0.125. The fourth-order valence-corrected chi connectivity index (χ4v) is 2.90. The third-order valence-electron chi connectivity index (χ3n) is 4.65. The molecule has 24 heavy (non-hydrogen) atoms. The summed E-state index contributed by atoms with van der Waals surface area (Å²) in [4.78, 5) is 23.9. The van der Waals surface area contributed by atoms with E-state index in [0.717, 1.165) is 23.0 Å². The molecule has 1 atom stereocenters. The van der Waals surface area contributed by atoms with Crippen LogP contribution in [0.4, 0.5) is 0 Å². The molecule has 0 saturated heterocycles. The van der Waals surface area contributed by atoms with Crippen molar-refractivity contribution in [3.05, 3.63) is 71.3 Å². The first-order chi connectivity index (χ1) is 11.1. The Hall–Kier alpha value is -2.22. The summed E-state index contributed by atoms with van der Waals surface area (Å²) in [5.41, 5.74) is 2.74. The molecule has 0 heterocycles. The summed E-state index contributed by atoms with van der Waals surface area (Å²) in [5, 5.41) is 0. The molecule has 1 aliphatic rings. The molecule has 2 heteroatoms. The average Bonchev–Trinajstić information content (AvgIpc) is 2.54. The SMILES string of the molecule is C=CC(C)(C)C1=CC(c2ccc(C=O)cc2)C=C(C(C)(C)C)C1=O. The highest BCUT2D eigenvalue weighted by atomic mass is 16.1. The third kappa shape index (κ3) is 3.48. The van der Waals surface area contributed by atoms with E-state index in [2.05, 4.69) is 33.4 Å². The number of carbonyl (C=O) groups is 2. The second-order valence-corrected chi connectivity index (χ2v) is 7.98. The Morgan fingerprint density at radius 2 is 1.50 bits per heavy atom. The van der Waals surface area contributed by atoms with Crippen LogP contribution in [-0.4, -0.2) is 12.1 Å². The first-order valence-corrected chi connectivity index (χ1v) is 8.28. The van der Waals surface area contributed by atoms with Crippen LogP contribution < -0.4 is 0 Å². The second kappa shape index (κ2) is 6.35. The van der Waals surface area contributed by atoms with Crippen LogP contribution in [-0.2, 0) is 4.79 Å². The van der Waals surface area contributed by atoms with Crippen molar-refractivity contribution in [1.29, 1.82) is 0 Å². The van der Waals surface area contributed by atoms with Gasteiger partial charge in [0.15, 0.2) is 5.78 Å². The molecule has 2 rings (SSSR count). The van der Waals surface area contributed by atoms with Gasteiger partial charge in [0.1, 0.15) is 6.29 Å². The number of Topliss-reactive ketones (excluding diaryl/α,β-unsaturated/α-hetero) is 1. The molecule has 126 valence electrons. The smallest absolute Gasteiger partial charge is 0.185 e. The summed E-state index contributed by atoms with van der Waals surface area (Å²) >= 11 is 0. The molecule has 0 aromatic heterocycles. The molecule has 0 saturated carbocycles. The van der Waals surface area contributed by atoms with Crippen molar-refractivity contribution < 1.29 is 9.59 Å². The monoisotopic (exact) mass is 322 g/mol. The van der Waals surface area contributed by atoms with Crippen LogP contribution in [0, 0.1) is 10.8 Å². The lowest BCUT2D eigenvalue weighted by molar-refractivity contribution is -0.114. The molecule has 1 unspecified atom stereocenters. The fraction of sp³-hybridized carbons (Fsp3) is 0.364. The van der Waals surface area contributed by atoms with Crippen molar-refractivity contribution in [3.8, 4) is 0 Å². The predicted octanol–water partition coefficient (Wildman–Crippen LogP) is 5.28. The van der Waals surface area contributed by atoms with Crippen molar-refractivity contribution in [2.45, 2.75) is 40.5 Å². The van der Waals surface area contributed by atoms with E-state index in [9.17, 15) is 9.59 Å². The van der Waals surface area contributed by atoms with Gasteiger partial charge >= 0.3 is 0 Å². The minimum absolute atomic E-state index is 0.0202. The van der Waals surface area contributed by atoms with Crippen molar-refractivity contribution in [3.63, 3.8) is 0 Å². The predicted molar refractivity (Wildman–Crippen MR) is 99.2 cm³/mol. The Balaban J connectivity index is 2.58. The summed E-state index contributed by atoms with van der Waals surface area (Å²) in [6.07, 6.45) is 6.76. The normalized spacial score (nSPS) is 18.7. The summed E-state index contributed by atoms with van der Waals surface area (Å²) in [6.45, 7) is 14.1. The first kappa shape index (κ1) is 18.1. The molecule has 2 nitrogen and oxygen atoms in total. The number of ketones is 1. The maximum Gasteiger partial charge on any atom is 0.185 e. The highest BCUT2D eigenvalue weighted by Gasteiger charge is 2.36. The van der Waals surface area contributed by atoms with Crippen molar-refractivity contribution in [1.82, 2.24) is 0 Å². The molecule has 1 aromatic rings. The van der Waals surface area contributed by atoms with Gasteiger partial charge in [0.25, 0.3) is 0 Å². The molecule has 0 bridgehead atoms. The molecule has 1 aliphatic carbocycles. The van der Waals surface area contributed by atoms with Crippen LogP contribution in [0.25, 0.3) is 0 Å². The van der Waals surface area contributed by atoms with E-state index in [1.807, 2.05) is 50.3 Å². The van der Waals surface area contributed by atoms with Crippen LogP contribution in [0.5, 0.6) is 0 Å². The van der Waals surface area contributed by atoms with Crippen LogP contribution in [0.2, 0.25) is 0 Å². The number of benzene rings is 1. The maximum absolute atomic E-state index is 13.0. The van der Waals surface area contributed by atoms with Crippen LogP contribution in [0.1, 0.15) is 56.5 Å². The van der Waals surface area contributed by atoms with E-state index in [0.29, 0.717) is 5.56 Å². The first-order valence-electron chi connectivity index (χ1n) is 8.28. The minimum Gasteiger partial charge on any atom is -0.298 e. The van der Waals surface area contributed by atoms with E-state index in [1.165, 1.54) is 0 Å².